The van der Waals surface area contributed by atoms with Crippen LogP contribution in [0.5, 0.6) is 5.75 Å². The maximum Gasteiger partial charge on any atom is 0.126 e. The van der Waals surface area contributed by atoms with E-state index in [-0.39, 0.29) is 11.3 Å². The fraction of sp³-hybridized carbons (Fsp3) is 0.556. The van der Waals surface area contributed by atoms with Crippen LogP contribution in [0.2, 0.25) is 0 Å². The van der Waals surface area contributed by atoms with Gasteiger partial charge in [0.15, 0.2) is 0 Å². The summed E-state index contributed by atoms with van der Waals surface area (Å²) in [6.45, 7) is 2.02. The van der Waals surface area contributed by atoms with Gasteiger partial charge >= 0.3 is 0 Å². The first-order valence-electron chi connectivity index (χ1n) is 7.74. The van der Waals surface area contributed by atoms with Gasteiger partial charge in [-0.05, 0) is 66.7 Å². The molecule has 3 nitrogen and oxygen atoms in total. The molecule has 2 aliphatic rings. The molecule has 1 aromatic carbocycles. The number of benzene rings is 1. The summed E-state index contributed by atoms with van der Waals surface area (Å²) in [6.07, 6.45) is 5.34. The SMILES string of the molecule is C[C@]1(C=O)CC[C@@H]2c3ccc(O)cc3CC[C@H]2C1CC#N. The van der Waals surface area contributed by atoms with Crippen molar-refractivity contribution in [3.63, 3.8) is 0 Å². The number of hydrogen-bond acceptors (Lipinski definition) is 3. The van der Waals surface area contributed by atoms with E-state index in [9.17, 15) is 9.90 Å². The van der Waals surface area contributed by atoms with Gasteiger partial charge in [-0.2, -0.15) is 5.26 Å². The van der Waals surface area contributed by atoms with E-state index in [4.69, 9.17) is 5.26 Å². The fourth-order valence-corrected chi connectivity index (χ4v) is 4.55. The van der Waals surface area contributed by atoms with Crippen molar-refractivity contribution in [1.82, 2.24) is 0 Å². The van der Waals surface area contributed by atoms with Crippen molar-refractivity contribution in [1.29, 1.82) is 5.26 Å². The van der Waals surface area contributed by atoms with Crippen LogP contribution in [0.15, 0.2) is 18.2 Å². The number of carbonyl (C=O) groups is 1. The largest absolute Gasteiger partial charge is 0.508 e. The van der Waals surface area contributed by atoms with Crippen molar-refractivity contribution in [3.8, 4) is 11.8 Å². The average molecular weight is 283 g/mol. The summed E-state index contributed by atoms with van der Waals surface area (Å²) in [4.78, 5) is 11.6. The average Bonchev–Trinajstić information content (AvgIpc) is 2.49. The maximum atomic E-state index is 11.6. The highest BCUT2D eigenvalue weighted by Crippen LogP contribution is 2.55. The lowest BCUT2D eigenvalue weighted by Crippen LogP contribution is -2.43. The molecule has 0 aromatic heterocycles. The third-order valence-corrected chi connectivity index (χ3v) is 5.73. The Hall–Kier alpha value is -1.82. The number of aryl methyl sites for hydroxylation is 1. The van der Waals surface area contributed by atoms with Crippen LogP contribution >= 0.6 is 0 Å². The molecule has 2 aliphatic carbocycles. The van der Waals surface area contributed by atoms with Gasteiger partial charge in [0.2, 0.25) is 0 Å². The Balaban J connectivity index is 1.98. The van der Waals surface area contributed by atoms with Gasteiger partial charge in [0, 0.05) is 11.8 Å². The predicted molar refractivity (Wildman–Crippen MR) is 79.8 cm³/mol. The molecule has 1 fully saturated rings. The molecule has 1 N–H and O–H groups in total. The molecule has 3 heteroatoms. The van der Waals surface area contributed by atoms with Crippen molar-refractivity contribution in [3.05, 3.63) is 29.3 Å². The third-order valence-electron chi connectivity index (χ3n) is 5.73. The number of aldehydes is 1. The first-order chi connectivity index (χ1) is 10.1. The van der Waals surface area contributed by atoms with Crippen molar-refractivity contribution in [2.75, 3.05) is 0 Å². The molecular formula is C18H21NO2. The standard InChI is InChI=1S/C18H21NO2/c1-18(11-20)8-6-15-14-5-3-13(21)10-12(14)2-4-16(15)17(18)7-9-19/h3,5,10-11,15-17,21H,2,4,6-8H2,1H3/t15-,16-,17?,18-/m1/s1. The first-order valence-corrected chi connectivity index (χ1v) is 7.74. The molecule has 0 bridgehead atoms. The molecule has 0 amide bonds. The lowest BCUT2D eigenvalue weighted by molar-refractivity contribution is -0.122. The molecule has 0 heterocycles. The van der Waals surface area contributed by atoms with Crippen LogP contribution in [0.25, 0.3) is 0 Å². The van der Waals surface area contributed by atoms with Gasteiger partial charge in [-0.25, -0.2) is 0 Å². The Bertz CT molecular complexity index is 604. The summed E-state index contributed by atoms with van der Waals surface area (Å²) < 4.78 is 0. The van der Waals surface area contributed by atoms with Crippen LogP contribution in [-0.2, 0) is 11.2 Å². The van der Waals surface area contributed by atoms with Crippen LogP contribution in [0, 0.1) is 28.6 Å². The number of rotatable bonds is 2. The Kier molecular flexibility index (Phi) is 3.49. The Morgan fingerprint density at radius 3 is 3.00 bits per heavy atom. The van der Waals surface area contributed by atoms with Gasteiger partial charge in [-0.1, -0.05) is 13.0 Å². The fourth-order valence-electron chi connectivity index (χ4n) is 4.55. The van der Waals surface area contributed by atoms with E-state index in [1.165, 1.54) is 11.1 Å². The molecule has 4 atom stereocenters. The van der Waals surface area contributed by atoms with Crippen LogP contribution in [0.1, 0.15) is 49.7 Å². The lowest BCUT2D eigenvalue weighted by Gasteiger charge is -2.49. The van der Waals surface area contributed by atoms with Gasteiger partial charge in [0.05, 0.1) is 6.07 Å². The number of carbonyl (C=O) groups excluding carboxylic acids is 1. The van der Waals surface area contributed by atoms with E-state index >= 15 is 0 Å². The first kappa shape index (κ1) is 14.1. The lowest BCUT2D eigenvalue weighted by atomic mass is 9.54. The van der Waals surface area contributed by atoms with Crippen molar-refractivity contribution in [2.24, 2.45) is 17.3 Å². The zero-order chi connectivity index (χ0) is 15.0. The van der Waals surface area contributed by atoms with Crippen LogP contribution in [0.3, 0.4) is 0 Å². The zero-order valence-corrected chi connectivity index (χ0v) is 12.4. The van der Waals surface area contributed by atoms with Gasteiger partial charge < -0.3 is 9.90 Å². The van der Waals surface area contributed by atoms with E-state index in [0.717, 1.165) is 32.0 Å². The number of aromatic hydroxyl groups is 1. The van der Waals surface area contributed by atoms with Crippen LogP contribution in [0.4, 0.5) is 0 Å². The molecule has 0 saturated heterocycles. The smallest absolute Gasteiger partial charge is 0.126 e. The van der Waals surface area contributed by atoms with E-state index < -0.39 is 0 Å². The number of nitrogens with zero attached hydrogens (tertiary/aromatic N) is 1. The zero-order valence-electron chi connectivity index (χ0n) is 12.4. The Labute approximate surface area is 125 Å². The summed E-state index contributed by atoms with van der Waals surface area (Å²) in [5, 5.41) is 18.8. The molecule has 3 rings (SSSR count). The van der Waals surface area contributed by atoms with E-state index in [2.05, 4.69) is 6.07 Å². The topological polar surface area (TPSA) is 61.1 Å². The summed E-state index contributed by atoms with van der Waals surface area (Å²) in [5.74, 6) is 1.32. The highest BCUT2D eigenvalue weighted by Gasteiger charge is 2.48. The minimum Gasteiger partial charge on any atom is -0.508 e. The molecule has 0 radical (unpaired) electrons. The molecule has 1 unspecified atom stereocenters. The van der Waals surface area contributed by atoms with Crippen molar-refractivity contribution in [2.45, 2.75) is 44.9 Å². The van der Waals surface area contributed by atoms with Gasteiger partial charge in [0.1, 0.15) is 12.0 Å². The minimum absolute atomic E-state index is 0.153. The predicted octanol–water partition coefficient (Wildman–Crippen LogP) is 3.57. The Morgan fingerprint density at radius 1 is 1.48 bits per heavy atom. The second-order valence-corrected chi connectivity index (χ2v) is 6.82. The molecule has 21 heavy (non-hydrogen) atoms. The normalized spacial score (nSPS) is 34.4. The molecule has 110 valence electrons. The molecular weight excluding hydrogens is 262 g/mol. The van der Waals surface area contributed by atoms with Crippen molar-refractivity contribution >= 4 is 6.29 Å². The van der Waals surface area contributed by atoms with Gasteiger partial charge in [-0.15, -0.1) is 0 Å². The number of phenolic OH excluding ortho intramolecular Hbond substituents is 1. The quantitative estimate of drug-likeness (QED) is 0.844. The molecule has 1 aromatic rings. The van der Waals surface area contributed by atoms with E-state index in [1.54, 1.807) is 6.07 Å². The number of fused-ring (bicyclic) bond motifs is 3. The summed E-state index contributed by atoms with van der Waals surface area (Å²) in [6, 6.07) is 7.96. The monoisotopic (exact) mass is 283 g/mol. The molecule has 0 spiro atoms. The second-order valence-electron chi connectivity index (χ2n) is 6.82. The molecule has 1 saturated carbocycles. The summed E-state index contributed by atoms with van der Waals surface area (Å²) in [5.41, 5.74) is 2.20. The number of nitriles is 1. The van der Waals surface area contributed by atoms with E-state index in [0.29, 0.717) is 24.0 Å². The van der Waals surface area contributed by atoms with Gasteiger partial charge in [-0.3, -0.25) is 0 Å². The van der Waals surface area contributed by atoms with Crippen LogP contribution < -0.4 is 0 Å². The van der Waals surface area contributed by atoms with E-state index in [1.807, 2.05) is 19.1 Å². The van der Waals surface area contributed by atoms with Crippen LogP contribution in [-0.4, -0.2) is 11.4 Å². The summed E-state index contributed by atoms with van der Waals surface area (Å²) in [7, 11) is 0. The third kappa shape index (κ3) is 2.23. The summed E-state index contributed by atoms with van der Waals surface area (Å²) >= 11 is 0. The van der Waals surface area contributed by atoms with Gasteiger partial charge in [0.25, 0.3) is 0 Å². The number of phenols is 1. The Morgan fingerprint density at radius 2 is 2.29 bits per heavy atom. The maximum absolute atomic E-state index is 11.6. The van der Waals surface area contributed by atoms with Crippen molar-refractivity contribution < 1.29 is 9.90 Å². The second kappa shape index (κ2) is 5.18. The minimum atomic E-state index is -0.356. The molecule has 0 aliphatic heterocycles. The number of hydrogen-bond donors (Lipinski definition) is 1. The highest BCUT2D eigenvalue weighted by molar-refractivity contribution is 5.60. The highest BCUT2D eigenvalue weighted by atomic mass is 16.3.